The first-order valence-corrected chi connectivity index (χ1v) is 8.90. The Morgan fingerprint density at radius 1 is 0.960 bits per heavy atom. The third-order valence-corrected chi connectivity index (χ3v) is 5.36. The number of carboxylic acid groups (broad SMARTS) is 1. The summed E-state index contributed by atoms with van der Waals surface area (Å²) >= 11 is 0. The fraction of sp³-hybridized carbons (Fsp3) is 0.611. The zero-order valence-corrected chi connectivity index (χ0v) is 14.3. The third-order valence-electron chi connectivity index (χ3n) is 5.36. The van der Waals surface area contributed by atoms with Crippen molar-refractivity contribution in [1.29, 1.82) is 0 Å². The van der Waals surface area contributed by atoms with Crippen LogP contribution in [0.3, 0.4) is 0 Å². The van der Waals surface area contributed by atoms with Crippen LogP contribution in [0.15, 0.2) is 22.8 Å². The molecule has 1 saturated heterocycles. The van der Waals surface area contributed by atoms with Crippen molar-refractivity contribution in [1.82, 2.24) is 9.80 Å². The van der Waals surface area contributed by atoms with Crippen LogP contribution in [0.4, 0.5) is 0 Å². The van der Waals surface area contributed by atoms with Crippen LogP contribution in [-0.4, -0.2) is 58.9 Å². The molecule has 1 aliphatic heterocycles. The van der Waals surface area contributed by atoms with Gasteiger partial charge in [0, 0.05) is 26.2 Å². The lowest BCUT2D eigenvalue weighted by Gasteiger charge is -2.39. The Hall–Kier alpha value is -2.31. The van der Waals surface area contributed by atoms with Gasteiger partial charge in [-0.15, -0.1) is 0 Å². The zero-order valence-electron chi connectivity index (χ0n) is 14.3. The third kappa shape index (κ3) is 3.41. The van der Waals surface area contributed by atoms with Gasteiger partial charge in [0.1, 0.15) is 5.41 Å². The zero-order chi connectivity index (χ0) is 17.9. The smallest absolute Gasteiger partial charge is 0.319 e. The average Bonchev–Trinajstić information content (AvgIpc) is 3.04. The van der Waals surface area contributed by atoms with Gasteiger partial charge < -0.3 is 19.3 Å². The molecule has 2 fully saturated rings. The monoisotopic (exact) mass is 348 g/mol. The predicted molar refractivity (Wildman–Crippen MR) is 89.0 cm³/mol. The van der Waals surface area contributed by atoms with Crippen molar-refractivity contribution in [2.75, 3.05) is 26.2 Å². The lowest BCUT2D eigenvalue weighted by molar-refractivity contribution is -0.162. The molecule has 1 saturated carbocycles. The molecule has 0 atom stereocenters. The molecule has 0 unspecified atom stereocenters. The summed E-state index contributed by atoms with van der Waals surface area (Å²) in [6, 6.07) is 3.28. The van der Waals surface area contributed by atoms with Crippen molar-refractivity contribution < 1.29 is 23.9 Å². The van der Waals surface area contributed by atoms with E-state index in [1.165, 1.54) is 6.26 Å². The van der Waals surface area contributed by atoms with E-state index in [9.17, 15) is 19.5 Å². The van der Waals surface area contributed by atoms with E-state index < -0.39 is 11.4 Å². The van der Waals surface area contributed by atoms with Crippen molar-refractivity contribution in [3.63, 3.8) is 0 Å². The number of aliphatic carboxylic acids is 1. The van der Waals surface area contributed by atoms with Gasteiger partial charge in [-0.25, -0.2) is 0 Å². The van der Waals surface area contributed by atoms with Crippen molar-refractivity contribution in [3.8, 4) is 0 Å². The van der Waals surface area contributed by atoms with Crippen LogP contribution < -0.4 is 0 Å². The molecule has 7 heteroatoms. The minimum absolute atomic E-state index is 0.195. The molecule has 1 N–H and O–H groups in total. The van der Waals surface area contributed by atoms with Crippen molar-refractivity contribution in [3.05, 3.63) is 24.2 Å². The summed E-state index contributed by atoms with van der Waals surface area (Å²) in [6.45, 7) is 1.50. The molecular weight excluding hydrogens is 324 g/mol. The molecule has 2 heterocycles. The quantitative estimate of drug-likeness (QED) is 0.666. The van der Waals surface area contributed by atoms with E-state index in [0.29, 0.717) is 39.0 Å². The van der Waals surface area contributed by atoms with Crippen molar-refractivity contribution >= 4 is 17.8 Å². The largest absolute Gasteiger partial charge is 0.480 e. The number of hydrogen-bond donors (Lipinski definition) is 1. The molecule has 1 aliphatic carbocycles. The Bertz CT molecular complexity index is 624. The fourth-order valence-electron chi connectivity index (χ4n) is 3.82. The maximum absolute atomic E-state index is 13.0. The van der Waals surface area contributed by atoms with Crippen molar-refractivity contribution in [2.45, 2.75) is 38.5 Å². The number of carboxylic acids is 1. The molecule has 0 radical (unpaired) electrons. The van der Waals surface area contributed by atoms with Crippen LogP contribution in [-0.2, 0) is 9.59 Å². The highest BCUT2D eigenvalue weighted by Gasteiger charge is 2.48. The van der Waals surface area contributed by atoms with Gasteiger partial charge in [0.05, 0.1) is 6.26 Å². The number of carbonyl (C=O) groups excluding carboxylic acids is 2. The highest BCUT2D eigenvalue weighted by Crippen LogP contribution is 2.37. The Labute approximate surface area is 146 Å². The topological polar surface area (TPSA) is 91.1 Å². The van der Waals surface area contributed by atoms with Crippen LogP contribution in [0.2, 0.25) is 0 Å². The molecule has 0 bridgehead atoms. The highest BCUT2D eigenvalue weighted by molar-refractivity contribution is 6.02. The van der Waals surface area contributed by atoms with E-state index in [1.54, 1.807) is 21.9 Å². The first kappa shape index (κ1) is 17.5. The normalized spacial score (nSPS) is 20.8. The minimum Gasteiger partial charge on any atom is -0.480 e. The molecule has 2 amide bonds. The van der Waals surface area contributed by atoms with Gasteiger partial charge in [0.15, 0.2) is 5.76 Å². The minimum atomic E-state index is -1.29. The van der Waals surface area contributed by atoms with Gasteiger partial charge in [-0.1, -0.05) is 25.7 Å². The van der Waals surface area contributed by atoms with Gasteiger partial charge in [0.25, 0.3) is 5.91 Å². The maximum Gasteiger partial charge on any atom is 0.319 e. The number of hydrogen-bond acceptors (Lipinski definition) is 4. The van der Waals surface area contributed by atoms with Crippen LogP contribution in [0.5, 0.6) is 0 Å². The highest BCUT2D eigenvalue weighted by atomic mass is 16.4. The van der Waals surface area contributed by atoms with E-state index in [1.807, 2.05) is 0 Å². The number of piperazine rings is 1. The second-order valence-corrected chi connectivity index (χ2v) is 6.86. The van der Waals surface area contributed by atoms with Crippen LogP contribution in [0.25, 0.3) is 0 Å². The molecule has 7 nitrogen and oxygen atoms in total. The molecule has 3 rings (SSSR count). The summed E-state index contributed by atoms with van der Waals surface area (Å²) in [5.74, 6) is -1.20. The summed E-state index contributed by atoms with van der Waals surface area (Å²) < 4.78 is 5.13. The molecule has 2 aliphatic rings. The van der Waals surface area contributed by atoms with Crippen LogP contribution in [0, 0.1) is 5.41 Å². The van der Waals surface area contributed by atoms with Gasteiger partial charge in [-0.2, -0.15) is 0 Å². The first-order valence-electron chi connectivity index (χ1n) is 8.90. The lowest BCUT2D eigenvalue weighted by atomic mass is 9.78. The maximum atomic E-state index is 13.0. The molecule has 1 aromatic heterocycles. The molecule has 25 heavy (non-hydrogen) atoms. The predicted octanol–water partition coefficient (Wildman–Crippen LogP) is 1.99. The Kier molecular flexibility index (Phi) is 5.11. The number of carbonyl (C=O) groups is 3. The molecule has 136 valence electrons. The second-order valence-electron chi connectivity index (χ2n) is 6.86. The summed E-state index contributed by atoms with van der Waals surface area (Å²) in [5, 5.41) is 9.76. The van der Waals surface area contributed by atoms with Crippen LogP contribution in [0.1, 0.15) is 49.1 Å². The molecular formula is C18H24N2O5. The van der Waals surface area contributed by atoms with Gasteiger partial charge in [-0.3, -0.25) is 14.4 Å². The van der Waals surface area contributed by atoms with Crippen molar-refractivity contribution in [2.24, 2.45) is 5.41 Å². The number of furan rings is 1. The van der Waals surface area contributed by atoms with E-state index >= 15 is 0 Å². The van der Waals surface area contributed by atoms with E-state index in [0.717, 1.165) is 25.7 Å². The van der Waals surface area contributed by atoms with E-state index in [4.69, 9.17) is 4.42 Å². The first-order chi connectivity index (χ1) is 12.0. The van der Waals surface area contributed by atoms with E-state index in [-0.39, 0.29) is 17.6 Å². The van der Waals surface area contributed by atoms with Gasteiger partial charge in [0.2, 0.25) is 5.91 Å². The number of amides is 2. The van der Waals surface area contributed by atoms with Gasteiger partial charge >= 0.3 is 5.97 Å². The summed E-state index contributed by atoms with van der Waals surface area (Å²) in [4.78, 5) is 40.5. The summed E-state index contributed by atoms with van der Waals surface area (Å²) in [5.41, 5.74) is -1.29. The Morgan fingerprint density at radius 2 is 1.56 bits per heavy atom. The lowest BCUT2D eigenvalue weighted by Crippen LogP contribution is -2.56. The Morgan fingerprint density at radius 3 is 2.08 bits per heavy atom. The number of rotatable bonds is 3. The average molecular weight is 348 g/mol. The Balaban J connectivity index is 1.66. The number of nitrogens with zero attached hydrogens (tertiary/aromatic N) is 2. The summed E-state index contributed by atoms with van der Waals surface area (Å²) in [6.07, 6.45) is 5.78. The fourth-order valence-corrected chi connectivity index (χ4v) is 3.82. The van der Waals surface area contributed by atoms with Gasteiger partial charge in [-0.05, 0) is 25.0 Å². The van der Waals surface area contributed by atoms with Crippen LogP contribution >= 0.6 is 0 Å². The molecule has 0 aromatic carbocycles. The summed E-state index contributed by atoms with van der Waals surface area (Å²) in [7, 11) is 0. The molecule has 0 spiro atoms. The SMILES string of the molecule is O=C(c1ccco1)N1CCN(C(=O)C2(C(=O)O)CCCCCC2)CC1. The van der Waals surface area contributed by atoms with E-state index in [2.05, 4.69) is 0 Å². The molecule has 1 aromatic rings. The second kappa shape index (κ2) is 7.29. The standard InChI is InChI=1S/C18H24N2O5/c21-15(14-6-5-13-25-14)19-9-11-20(12-10-19)16(22)18(17(23)24)7-3-1-2-4-8-18/h5-6,13H,1-4,7-12H2,(H,23,24).